The maximum absolute atomic E-state index is 11.1. The Morgan fingerprint density at radius 1 is 1.47 bits per heavy atom. The van der Waals surface area contributed by atoms with Crippen molar-refractivity contribution in [3.05, 3.63) is 0 Å². The van der Waals surface area contributed by atoms with E-state index in [-0.39, 0.29) is 11.5 Å². The van der Waals surface area contributed by atoms with Crippen LogP contribution < -0.4 is 0 Å². The quantitative estimate of drug-likeness (QED) is 0.660. The summed E-state index contributed by atoms with van der Waals surface area (Å²) >= 11 is 0. The molecule has 2 fully saturated rings. The third-order valence-corrected chi connectivity index (χ3v) is 3.88. The normalized spacial score (nSPS) is 29.3. The zero-order chi connectivity index (χ0) is 11.1. The van der Waals surface area contributed by atoms with E-state index in [2.05, 4.69) is 13.8 Å². The van der Waals surface area contributed by atoms with Crippen molar-refractivity contribution in [1.82, 2.24) is 4.90 Å². The minimum atomic E-state index is 0.0128. The Kier molecular flexibility index (Phi) is 2.75. The van der Waals surface area contributed by atoms with Gasteiger partial charge in [0.05, 0.1) is 13.1 Å². The first-order valence-corrected chi connectivity index (χ1v) is 5.92. The third-order valence-electron chi connectivity index (χ3n) is 3.88. The van der Waals surface area contributed by atoms with E-state index in [0.717, 1.165) is 38.0 Å². The molecule has 2 aliphatic heterocycles. The largest absolute Gasteiger partial charge is 0.371 e. The highest BCUT2D eigenvalue weighted by molar-refractivity contribution is 5.74. The fourth-order valence-electron chi connectivity index (χ4n) is 2.73. The minimum Gasteiger partial charge on any atom is -0.371 e. The van der Waals surface area contributed by atoms with Crippen LogP contribution in [0.5, 0.6) is 0 Å². The van der Waals surface area contributed by atoms with Gasteiger partial charge in [-0.05, 0) is 24.7 Å². The second-order valence-corrected chi connectivity index (χ2v) is 5.40. The molecule has 0 aromatic rings. The standard InChI is InChI=1S/C12H21NO2/c1-9(2)11-4-5-15-12(6-11)7-13(8-12)10(3)14/h9,11H,4-8H2,1-3H3. The lowest BCUT2D eigenvalue weighted by Crippen LogP contribution is -2.66. The Balaban J connectivity index is 1.92. The predicted molar refractivity (Wildman–Crippen MR) is 58.5 cm³/mol. The van der Waals surface area contributed by atoms with Gasteiger partial charge in [0, 0.05) is 13.5 Å². The van der Waals surface area contributed by atoms with Gasteiger partial charge in [0.25, 0.3) is 0 Å². The first-order valence-electron chi connectivity index (χ1n) is 5.92. The monoisotopic (exact) mass is 211 g/mol. The number of nitrogens with zero attached hydrogens (tertiary/aromatic N) is 1. The van der Waals surface area contributed by atoms with Gasteiger partial charge in [-0.2, -0.15) is 0 Å². The molecule has 0 aliphatic carbocycles. The van der Waals surface area contributed by atoms with Crippen molar-refractivity contribution >= 4 is 5.91 Å². The third kappa shape index (κ3) is 2.03. The molecule has 1 unspecified atom stereocenters. The van der Waals surface area contributed by atoms with Crippen LogP contribution in [0.1, 0.15) is 33.6 Å². The predicted octanol–water partition coefficient (Wildman–Crippen LogP) is 1.67. The number of rotatable bonds is 1. The van der Waals surface area contributed by atoms with Crippen LogP contribution in [0.2, 0.25) is 0 Å². The second kappa shape index (κ2) is 3.78. The van der Waals surface area contributed by atoms with Gasteiger partial charge in [0.2, 0.25) is 5.91 Å². The lowest BCUT2D eigenvalue weighted by atomic mass is 9.76. The lowest BCUT2D eigenvalue weighted by molar-refractivity contribution is -0.189. The van der Waals surface area contributed by atoms with Crippen molar-refractivity contribution < 1.29 is 9.53 Å². The summed E-state index contributed by atoms with van der Waals surface area (Å²) in [4.78, 5) is 13.0. The van der Waals surface area contributed by atoms with Crippen molar-refractivity contribution in [1.29, 1.82) is 0 Å². The number of hydrogen-bond donors (Lipinski definition) is 0. The van der Waals surface area contributed by atoms with Gasteiger partial charge in [-0.1, -0.05) is 13.8 Å². The molecule has 3 nitrogen and oxygen atoms in total. The molecule has 0 aromatic heterocycles. The maximum atomic E-state index is 11.1. The number of carbonyl (C=O) groups excluding carboxylic acids is 1. The van der Waals surface area contributed by atoms with Gasteiger partial charge in [0.1, 0.15) is 5.60 Å². The number of amides is 1. The average Bonchev–Trinajstić information content (AvgIpc) is 2.13. The molecular weight excluding hydrogens is 190 g/mol. The minimum absolute atomic E-state index is 0.0128. The maximum Gasteiger partial charge on any atom is 0.219 e. The fraction of sp³-hybridized carbons (Fsp3) is 0.917. The Labute approximate surface area is 91.8 Å². The van der Waals surface area contributed by atoms with Gasteiger partial charge in [0.15, 0.2) is 0 Å². The molecule has 2 saturated heterocycles. The lowest BCUT2D eigenvalue weighted by Gasteiger charge is -2.53. The van der Waals surface area contributed by atoms with E-state index in [1.807, 2.05) is 4.90 Å². The van der Waals surface area contributed by atoms with E-state index in [1.54, 1.807) is 6.92 Å². The molecule has 2 aliphatic rings. The van der Waals surface area contributed by atoms with Crippen LogP contribution in [-0.4, -0.2) is 36.1 Å². The van der Waals surface area contributed by atoms with Crippen LogP contribution in [0.3, 0.4) is 0 Å². The molecule has 1 spiro atoms. The summed E-state index contributed by atoms with van der Waals surface area (Å²) in [5.41, 5.74) is 0.0128. The molecule has 1 atom stereocenters. The van der Waals surface area contributed by atoms with Crippen LogP contribution in [0, 0.1) is 11.8 Å². The first-order chi connectivity index (χ1) is 7.02. The summed E-state index contributed by atoms with van der Waals surface area (Å²) in [6.07, 6.45) is 2.31. The van der Waals surface area contributed by atoms with E-state index in [0.29, 0.717) is 0 Å². The molecule has 86 valence electrons. The summed E-state index contributed by atoms with van der Waals surface area (Å²) in [6, 6.07) is 0. The van der Waals surface area contributed by atoms with E-state index in [1.165, 1.54) is 6.42 Å². The van der Waals surface area contributed by atoms with E-state index < -0.39 is 0 Å². The Bertz CT molecular complexity index is 256. The number of carbonyl (C=O) groups is 1. The van der Waals surface area contributed by atoms with Gasteiger partial charge >= 0.3 is 0 Å². The van der Waals surface area contributed by atoms with E-state index in [4.69, 9.17) is 4.74 Å². The van der Waals surface area contributed by atoms with Crippen molar-refractivity contribution in [2.24, 2.45) is 11.8 Å². The van der Waals surface area contributed by atoms with Crippen LogP contribution in [0.25, 0.3) is 0 Å². The van der Waals surface area contributed by atoms with Crippen LogP contribution in [0.15, 0.2) is 0 Å². The summed E-state index contributed by atoms with van der Waals surface area (Å²) in [7, 11) is 0. The molecule has 0 aromatic carbocycles. The van der Waals surface area contributed by atoms with Crippen molar-refractivity contribution in [2.75, 3.05) is 19.7 Å². The van der Waals surface area contributed by atoms with Gasteiger partial charge in [-0.15, -0.1) is 0 Å². The highest BCUT2D eigenvalue weighted by Gasteiger charge is 2.48. The summed E-state index contributed by atoms with van der Waals surface area (Å²) in [6.45, 7) is 8.69. The molecule has 15 heavy (non-hydrogen) atoms. The summed E-state index contributed by atoms with van der Waals surface area (Å²) in [5, 5.41) is 0. The zero-order valence-electron chi connectivity index (χ0n) is 9.95. The van der Waals surface area contributed by atoms with Crippen LogP contribution in [0.4, 0.5) is 0 Å². The van der Waals surface area contributed by atoms with Crippen molar-refractivity contribution in [3.63, 3.8) is 0 Å². The molecule has 0 radical (unpaired) electrons. The van der Waals surface area contributed by atoms with Gasteiger partial charge in [-0.25, -0.2) is 0 Å². The molecule has 3 heteroatoms. The second-order valence-electron chi connectivity index (χ2n) is 5.40. The van der Waals surface area contributed by atoms with E-state index >= 15 is 0 Å². The summed E-state index contributed by atoms with van der Waals surface area (Å²) in [5.74, 6) is 1.68. The Morgan fingerprint density at radius 2 is 2.13 bits per heavy atom. The highest BCUT2D eigenvalue weighted by Crippen LogP contribution is 2.39. The van der Waals surface area contributed by atoms with Gasteiger partial charge in [-0.3, -0.25) is 4.79 Å². The highest BCUT2D eigenvalue weighted by atomic mass is 16.5. The Hall–Kier alpha value is -0.570. The molecule has 0 saturated carbocycles. The average molecular weight is 211 g/mol. The topological polar surface area (TPSA) is 29.5 Å². The molecule has 1 amide bonds. The van der Waals surface area contributed by atoms with Crippen molar-refractivity contribution in [3.8, 4) is 0 Å². The zero-order valence-corrected chi connectivity index (χ0v) is 9.95. The SMILES string of the molecule is CC(=O)N1CC2(CC(C(C)C)CCO2)C1. The molecule has 2 heterocycles. The number of hydrogen-bond acceptors (Lipinski definition) is 2. The number of ether oxygens (including phenoxy) is 1. The van der Waals surface area contributed by atoms with Gasteiger partial charge < -0.3 is 9.64 Å². The van der Waals surface area contributed by atoms with Crippen LogP contribution in [-0.2, 0) is 9.53 Å². The fourth-order valence-corrected chi connectivity index (χ4v) is 2.73. The smallest absolute Gasteiger partial charge is 0.219 e. The number of likely N-dealkylation sites (tertiary alicyclic amines) is 1. The molecule has 0 N–H and O–H groups in total. The van der Waals surface area contributed by atoms with Crippen LogP contribution >= 0.6 is 0 Å². The van der Waals surface area contributed by atoms with E-state index in [9.17, 15) is 4.79 Å². The molecular formula is C12H21NO2. The van der Waals surface area contributed by atoms with Crippen molar-refractivity contribution in [2.45, 2.75) is 39.2 Å². The summed E-state index contributed by atoms with van der Waals surface area (Å²) < 4.78 is 5.87. The first kappa shape index (κ1) is 10.9. The molecule has 2 rings (SSSR count). The Morgan fingerprint density at radius 3 is 2.67 bits per heavy atom. The molecule has 0 bridgehead atoms.